The van der Waals surface area contributed by atoms with E-state index < -0.39 is 40.0 Å². The Kier molecular flexibility index (Phi) is 3.81. The number of pyridine rings is 1. The summed E-state index contributed by atoms with van der Waals surface area (Å²) >= 11 is -1.41. The van der Waals surface area contributed by atoms with Gasteiger partial charge in [-0.2, -0.15) is 0 Å². The lowest BCUT2D eigenvalue weighted by atomic mass is 10.1. The van der Waals surface area contributed by atoms with Gasteiger partial charge in [-0.15, -0.1) is 0 Å². The second-order valence-corrected chi connectivity index (χ2v) is 10.2. The molecule has 2 rings (SSSR count). The molecule has 0 spiro atoms. The first-order valence-corrected chi connectivity index (χ1v) is 10.3. The maximum absolute atomic E-state index is 13.1. The largest absolute Gasteiger partial charge is 0.361 e. The molecular weight excluding hydrogens is 436 g/mol. The third kappa shape index (κ3) is 3.89. The van der Waals surface area contributed by atoms with Crippen molar-refractivity contribution in [1.29, 1.82) is 0 Å². The Bertz CT molecular complexity index is 720. The van der Waals surface area contributed by atoms with Gasteiger partial charge in [0.25, 0.3) is 0 Å². The van der Waals surface area contributed by atoms with E-state index in [1.54, 1.807) is 13.8 Å². The first-order chi connectivity index (χ1) is 9.77. The van der Waals surface area contributed by atoms with Gasteiger partial charge in [0, 0.05) is 17.3 Å². The van der Waals surface area contributed by atoms with Gasteiger partial charge in [0.2, 0.25) is 8.60 Å². The predicted octanol–water partition coefficient (Wildman–Crippen LogP) is 2.79. The third-order valence-electron chi connectivity index (χ3n) is 2.87. The molecule has 0 aliphatic heterocycles. The lowest BCUT2D eigenvalue weighted by Gasteiger charge is -2.38. The summed E-state index contributed by atoms with van der Waals surface area (Å²) in [6, 6.07) is 6.06. The number of aromatic nitrogens is 1. The fourth-order valence-electron chi connectivity index (χ4n) is 2.14. The molecule has 2 aromatic rings. The van der Waals surface area contributed by atoms with Crippen molar-refractivity contribution in [3.05, 3.63) is 54.3 Å². The SMILES string of the molecule is Cc1cc(C)c([I+]c2cccnc2S(F)(F)(F)(F)F)c(C)c1. The van der Waals surface area contributed by atoms with Crippen LogP contribution in [0.2, 0.25) is 0 Å². The minimum Gasteiger partial charge on any atom is -0.237 e. The second-order valence-electron chi connectivity index (χ2n) is 5.07. The molecule has 122 valence electrons. The van der Waals surface area contributed by atoms with Crippen molar-refractivity contribution >= 4 is 10.2 Å². The molecule has 0 bridgehead atoms. The van der Waals surface area contributed by atoms with Crippen LogP contribution in [0, 0.1) is 27.9 Å². The number of hydrogen-bond donors (Lipinski definition) is 0. The molecule has 0 N–H and O–H groups in total. The number of hydrogen-bond acceptors (Lipinski definition) is 1. The van der Waals surface area contributed by atoms with Gasteiger partial charge in [-0.1, -0.05) is 37.1 Å². The van der Waals surface area contributed by atoms with Crippen molar-refractivity contribution in [3.8, 4) is 0 Å². The van der Waals surface area contributed by atoms with E-state index in [4.69, 9.17) is 0 Å². The predicted molar refractivity (Wildman–Crippen MR) is 73.7 cm³/mol. The van der Waals surface area contributed by atoms with Crippen LogP contribution in [0.15, 0.2) is 35.5 Å². The van der Waals surface area contributed by atoms with Gasteiger partial charge < -0.3 is 0 Å². The van der Waals surface area contributed by atoms with Crippen molar-refractivity contribution in [1.82, 2.24) is 4.98 Å². The molecular formula is C14H14F5INS+. The fraction of sp³-hybridized carbons (Fsp3) is 0.214. The Labute approximate surface area is 135 Å². The third-order valence-corrected chi connectivity index (χ3v) is 7.98. The molecule has 1 nitrogen and oxygen atoms in total. The fourth-order valence-corrected chi connectivity index (χ4v) is 6.84. The van der Waals surface area contributed by atoms with Crippen LogP contribution in [0.25, 0.3) is 0 Å². The summed E-state index contributed by atoms with van der Waals surface area (Å²) in [7, 11) is -9.78. The smallest absolute Gasteiger partial charge is 0.237 e. The summed E-state index contributed by atoms with van der Waals surface area (Å²) in [6.07, 6.45) is 0.759. The number of nitrogens with zero attached hydrogens (tertiary/aromatic N) is 1. The van der Waals surface area contributed by atoms with Gasteiger partial charge in [0.15, 0.2) is 3.57 Å². The molecule has 0 unspecified atom stereocenters. The van der Waals surface area contributed by atoms with Crippen LogP contribution >= 0.6 is 10.2 Å². The average molecular weight is 450 g/mol. The van der Waals surface area contributed by atoms with Crippen molar-refractivity contribution in [2.45, 2.75) is 25.8 Å². The zero-order chi connectivity index (χ0) is 16.8. The highest BCUT2D eigenvalue weighted by Gasteiger charge is 2.70. The number of aryl methyl sites for hydroxylation is 3. The van der Waals surface area contributed by atoms with Crippen LogP contribution in [0.4, 0.5) is 19.4 Å². The lowest BCUT2D eigenvalue weighted by Crippen LogP contribution is -3.62. The zero-order valence-corrected chi connectivity index (χ0v) is 15.0. The summed E-state index contributed by atoms with van der Waals surface area (Å²) in [5.74, 6) is 0. The van der Waals surface area contributed by atoms with E-state index in [9.17, 15) is 19.4 Å². The maximum Gasteiger partial charge on any atom is 0.361 e. The number of benzene rings is 1. The average Bonchev–Trinajstić information content (AvgIpc) is 2.31. The Morgan fingerprint density at radius 2 is 1.50 bits per heavy atom. The molecule has 1 aromatic heterocycles. The van der Waals surface area contributed by atoms with E-state index in [1.807, 2.05) is 19.1 Å². The van der Waals surface area contributed by atoms with Gasteiger partial charge in [-0.05, 0) is 32.9 Å². The van der Waals surface area contributed by atoms with Crippen LogP contribution in [-0.2, 0) is 0 Å². The van der Waals surface area contributed by atoms with Crippen LogP contribution in [-0.4, -0.2) is 4.98 Å². The molecule has 22 heavy (non-hydrogen) atoms. The molecule has 0 amide bonds. The van der Waals surface area contributed by atoms with Crippen LogP contribution in [0.1, 0.15) is 16.7 Å². The van der Waals surface area contributed by atoms with E-state index in [0.717, 1.165) is 32.5 Å². The molecule has 0 aliphatic rings. The number of halogens is 6. The molecule has 0 aliphatic carbocycles. The monoisotopic (exact) mass is 450 g/mol. The first-order valence-electron chi connectivity index (χ1n) is 6.20. The summed E-state index contributed by atoms with van der Waals surface area (Å²) in [5, 5.41) is -1.99. The van der Waals surface area contributed by atoms with E-state index in [2.05, 4.69) is 4.98 Å². The molecule has 0 fully saturated rings. The normalized spacial score (nSPS) is 15.3. The first kappa shape index (κ1) is 17.5. The quantitative estimate of drug-likeness (QED) is 0.518. The summed E-state index contributed by atoms with van der Waals surface area (Å²) in [4.78, 5) is 2.97. The standard InChI is InChI=1S/C14H14F5INS/c1-9-7-10(2)13(11(3)8-9)20-12-5-4-6-21-14(12)22(15,16,17,18)19/h4-8H,1-3H3/q+1. The minimum atomic E-state index is -9.78. The van der Waals surface area contributed by atoms with E-state index in [1.165, 1.54) is 6.07 Å². The highest BCUT2D eigenvalue weighted by atomic mass is 127. The lowest BCUT2D eigenvalue weighted by molar-refractivity contribution is -0.603. The Balaban J connectivity index is 2.59. The zero-order valence-electron chi connectivity index (χ0n) is 12.0. The van der Waals surface area contributed by atoms with Crippen molar-refractivity contribution in [3.63, 3.8) is 0 Å². The Morgan fingerprint density at radius 3 is 2.00 bits per heavy atom. The van der Waals surface area contributed by atoms with Crippen LogP contribution in [0.5, 0.6) is 0 Å². The molecule has 8 heteroatoms. The maximum atomic E-state index is 13.1. The molecule has 0 radical (unpaired) electrons. The molecule has 1 aromatic carbocycles. The molecule has 0 saturated carbocycles. The highest BCUT2D eigenvalue weighted by molar-refractivity contribution is 8.45. The van der Waals surface area contributed by atoms with Crippen LogP contribution < -0.4 is 21.2 Å². The summed E-state index contributed by atoms with van der Waals surface area (Å²) in [6.45, 7) is 5.45. The van der Waals surface area contributed by atoms with Gasteiger partial charge in [-0.3, -0.25) is 0 Å². The Morgan fingerprint density at radius 1 is 0.955 bits per heavy atom. The summed E-state index contributed by atoms with van der Waals surface area (Å²) < 4.78 is 66.0. The second kappa shape index (κ2) is 4.80. The van der Waals surface area contributed by atoms with E-state index in [0.29, 0.717) is 0 Å². The Hall–Kier alpha value is -0.900. The van der Waals surface area contributed by atoms with Gasteiger partial charge in [0.1, 0.15) is 0 Å². The van der Waals surface area contributed by atoms with Gasteiger partial charge >= 0.3 is 31.4 Å². The summed E-state index contributed by atoms with van der Waals surface area (Å²) in [5.41, 5.74) is 2.63. The van der Waals surface area contributed by atoms with Crippen LogP contribution in [0.3, 0.4) is 0 Å². The topological polar surface area (TPSA) is 12.9 Å². The number of rotatable bonds is 3. The van der Waals surface area contributed by atoms with E-state index >= 15 is 0 Å². The van der Waals surface area contributed by atoms with Gasteiger partial charge in [0.05, 0.1) is 0 Å². The molecule has 0 saturated heterocycles. The highest BCUT2D eigenvalue weighted by Crippen LogP contribution is 3.01. The van der Waals surface area contributed by atoms with Crippen molar-refractivity contribution < 1.29 is 40.6 Å². The molecule has 1 heterocycles. The molecule has 0 atom stereocenters. The minimum absolute atomic E-state index is 0.393. The van der Waals surface area contributed by atoms with E-state index in [-0.39, 0.29) is 0 Å². The van der Waals surface area contributed by atoms with Gasteiger partial charge in [-0.25, -0.2) is 4.98 Å². The van der Waals surface area contributed by atoms with Crippen molar-refractivity contribution in [2.75, 3.05) is 0 Å². The van der Waals surface area contributed by atoms with Crippen molar-refractivity contribution in [2.24, 2.45) is 0 Å².